The zero-order valence-corrected chi connectivity index (χ0v) is 18.6. The Balaban J connectivity index is 1.53. The average molecular weight is 453 g/mol. The summed E-state index contributed by atoms with van der Waals surface area (Å²) in [6.45, 7) is 0.729. The Morgan fingerprint density at radius 2 is 1.53 bits per heavy atom. The third-order valence-corrected chi connectivity index (χ3v) is 4.55. The van der Waals surface area contributed by atoms with E-state index in [1.807, 2.05) is 30.3 Å². The molecule has 3 rings (SSSR count). The van der Waals surface area contributed by atoms with Crippen LogP contribution in [0.2, 0.25) is 0 Å². The van der Waals surface area contributed by atoms with Gasteiger partial charge in [0.1, 0.15) is 36.2 Å². The number of hydrogen-bond donors (Lipinski definition) is 2. The lowest BCUT2D eigenvalue weighted by molar-refractivity contribution is 0.0977. The predicted molar refractivity (Wildman–Crippen MR) is 127 cm³/mol. The highest BCUT2D eigenvalue weighted by atomic mass is 32.1. The van der Waals surface area contributed by atoms with E-state index in [4.69, 9.17) is 31.2 Å². The third kappa shape index (κ3) is 6.61. The number of ether oxygens (including phenoxy) is 4. The molecule has 8 heteroatoms. The number of benzene rings is 3. The van der Waals surface area contributed by atoms with Gasteiger partial charge in [-0.3, -0.25) is 10.1 Å². The van der Waals surface area contributed by atoms with Crippen LogP contribution in [0.1, 0.15) is 10.4 Å². The standard InChI is InChI=1S/C24H24N2O5S/c1-28-19-11-12-22(29-2)21(16-19)25-24(32)26-23(27)17-7-6-10-20(15-17)31-14-13-30-18-8-4-3-5-9-18/h3-12,15-16H,13-14H2,1-2H3,(H2,25,26,27,32). The van der Waals surface area contributed by atoms with Gasteiger partial charge >= 0.3 is 0 Å². The molecule has 7 nitrogen and oxygen atoms in total. The molecule has 0 fully saturated rings. The van der Waals surface area contributed by atoms with Gasteiger partial charge in [0, 0.05) is 11.6 Å². The van der Waals surface area contributed by atoms with Gasteiger partial charge in [0.15, 0.2) is 5.11 Å². The minimum absolute atomic E-state index is 0.129. The molecule has 0 unspecified atom stereocenters. The van der Waals surface area contributed by atoms with Crippen LogP contribution in [-0.4, -0.2) is 38.5 Å². The number of nitrogens with one attached hydrogen (secondary N) is 2. The van der Waals surface area contributed by atoms with E-state index in [2.05, 4.69) is 10.6 Å². The molecule has 0 aliphatic heterocycles. The molecule has 0 heterocycles. The Morgan fingerprint density at radius 3 is 2.25 bits per heavy atom. The second-order valence-electron chi connectivity index (χ2n) is 6.51. The molecule has 1 amide bonds. The van der Waals surface area contributed by atoms with Gasteiger partial charge in [0.25, 0.3) is 5.91 Å². The predicted octanol–water partition coefficient (Wildman–Crippen LogP) is 4.29. The van der Waals surface area contributed by atoms with E-state index in [1.54, 1.807) is 56.7 Å². The van der Waals surface area contributed by atoms with Crippen LogP contribution < -0.4 is 29.6 Å². The zero-order chi connectivity index (χ0) is 22.8. The molecular weight excluding hydrogens is 428 g/mol. The smallest absolute Gasteiger partial charge is 0.257 e. The molecule has 0 aliphatic carbocycles. The van der Waals surface area contributed by atoms with Crippen LogP contribution in [-0.2, 0) is 0 Å². The van der Waals surface area contributed by atoms with Crippen molar-refractivity contribution in [2.45, 2.75) is 0 Å². The summed E-state index contributed by atoms with van der Waals surface area (Å²) in [5.74, 6) is 2.16. The Labute approximate surface area is 192 Å². The molecule has 0 atom stereocenters. The van der Waals surface area contributed by atoms with Crippen LogP contribution in [0.3, 0.4) is 0 Å². The first-order chi connectivity index (χ1) is 15.6. The summed E-state index contributed by atoms with van der Waals surface area (Å²) in [7, 11) is 3.11. The highest BCUT2D eigenvalue weighted by molar-refractivity contribution is 7.80. The molecule has 0 saturated carbocycles. The maximum absolute atomic E-state index is 12.6. The van der Waals surface area contributed by atoms with E-state index in [9.17, 15) is 4.79 Å². The minimum Gasteiger partial charge on any atom is -0.497 e. The quantitative estimate of drug-likeness (QED) is 0.370. The molecular formula is C24H24N2O5S. The van der Waals surface area contributed by atoms with Crippen molar-refractivity contribution in [2.24, 2.45) is 0 Å². The van der Waals surface area contributed by atoms with Gasteiger partial charge in [-0.05, 0) is 54.7 Å². The van der Waals surface area contributed by atoms with Crippen LogP contribution in [0.4, 0.5) is 5.69 Å². The molecule has 0 bridgehead atoms. The number of amides is 1. The summed E-state index contributed by atoms with van der Waals surface area (Å²) in [6.07, 6.45) is 0. The van der Waals surface area contributed by atoms with E-state index in [-0.39, 0.29) is 11.0 Å². The lowest BCUT2D eigenvalue weighted by Crippen LogP contribution is -2.34. The fraction of sp³-hybridized carbons (Fsp3) is 0.167. The normalized spacial score (nSPS) is 10.1. The number of hydrogen-bond acceptors (Lipinski definition) is 6. The van der Waals surface area contributed by atoms with Gasteiger partial charge < -0.3 is 24.3 Å². The lowest BCUT2D eigenvalue weighted by Gasteiger charge is -2.14. The summed E-state index contributed by atoms with van der Waals surface area (Å²) in [4.78, 5) is 12.6. The summed E-state index contributed by atoms with van der Waals surface area (Å²) < 4.78 is 21.8. The second-order valence-corrected chi connectivity index (χ2v) is 6.92. The topological polar surface area (TPSA) is 78.1 Å². The summed E-state index contributed by atoms with van der Waals surface area (Å²) in [6, 6.07) is 21.6. The van der Waals surface area contributed by atoms with Crippen molar-refractivity contribution < 1.29 is 23.7 Å². The van der Waals surface area contributed by atoms with E-state index in [1.165, 1.54) is 0 Å². The zero-order valence-electron chi connectivity index (χ0n) is 17.8. The maximum Gasteiger partial charge on any atom is 0.257 e. The van der Waals surface area contributed by atoms with Gasteiger partial charge in [0.2, 0.25) is 0 Å². The minimum atomic E-state index is -0.365. The molecule has 0 spiro atoms. The van der Waals surface area contributed by atoms with Crippen LogP contribution in [0, 0.1) is 0 Å². The number of para-hydroxylation sites is 1. The highest BCUT2D eigenvalue weighted by Crippen LogP contribution is 2.28. The number of thiocarbonyl (C=S) groups is 1. The van der Waals surface area contributed by atoms with Gasteiger partial charge in [0.05, 0.1) is 19.9 Å². The van der Waals surface area contributed by atoms with Crippen molar-refractivity contribution in [2.75, 3.05) is 32.8 Å². The summed E-state index contributed by atoms with van der Waals surface area (Å²) in [5, 5.41) is 5.74. The monoisotopic (exact) mass is 452 g/mol. The van der Waals surface area contributed by atoms with E-state index in [0.717, 1.165) is 5.75 Å². The van der Waals surface area contributed by atoms with Gasteiger partial charge in [-0.15, -0.1) is 0 Å². The number of rotatable bonds is 9. The third-order valence-electron chi connectivity index (χ3n) is 4.34. The first-order valence-electron chi connectivity index (χ1n) is 9.84. The van der Waals surface area contributed by atoms with Crippen LogP contribution in [0.15, 0.2) is 72.8 Å². The molecule has 3 aromatic carbocycles. The van der Waals surface area contributed by atoms with Crippen molar-refractivity contribution in [1.29, 1.82) is 0 Å². The summed E-state index contributed by atoms with van der Waals surface area (Å²) in [5.41, 5.74) is 0.987. The molecule has 0 radical (unpaired) electrons. The van der Waals surface area contributed by atoms with Crippen LogP contribution in [0.25, 0.3) is 0 Å². The molecule has 0 saturated heterocycles. The van der Waals surface area contributed by atoms with E-state index >= 15 is 0 Å². The largest absolute Gasteiger partial charge is 0.497 e. The molecule has 2 N–H and O–H groups in total. The van der Waals surface area contributed by atoms with Gasteiger partial charge in [-0.2, -0.15) is 0 Å². The molecule has 0 aliphatic rings. The van der Waals surface area contributed by atoms with Crippen molar-refractivity contribution >= 4 is 28.9 Å². The lowest BCUT2D eigenvalue weighted by atomic mass is 10.2. The maximum atomic E-state index is 12.6. The Bertz CT molecular complexity index is 1060. The SMILES string of the molecule is COc1ccc(OC)c(NC(=S)NC(=O)c2cccc(OCCOc3ccccc3)c2)c1. The highest BCUT2D eigenvalue weighted by Gasteiger charge is 2.12. The van der Waals surface area contributed by atoms with E-state index < -0.39 is 0 Å². The van der Waals surface area contributed by atoms with Crippen molar-refractivity contribution in [3.05, 3.63) is 78.4 Å². The fourth-order valence-corrected chi connectivity index (χ4v) is 3.01. The Hall–Kier alpha value is -3.78. The Morgan fingerprint density at radius 1 is 0.812 bits per heavy atom. The first-order valence-corrected chi connectivity index (χ1v) is 10.2. The average Bonchev–Trinajstić information content (AvgIpc) is 2.82. The fourth-order valence-electron chi connectivity index (χ4n) is 2.80. The molecule has 32 heavy (non-hydrogen) atoms. The van der Waals surface area contributed by atoms with E-state index in [0.29, 0.717) is 41.7 Å². The molecule has 3 aromatic rings. The first kappa shape index (κ1) is 22.9. The van der Waals surface area contributed by atoms with Crippen molar-refractivity contribution in [3.63, 3.8) is 0 Å². The molecule has 166 valence electrons. The second kappa shape index (κ2) is 11.6. The van der Waals surface area contributed by atoms with Crippen LogP contribution in [0.5, 0.6) is 23.0 Å². The number of methoxy groups -OCH3 is 2. The van der Waals surface area contributed by atoms with Gasteiger partial charge in [-0.25, -0.2) is 0 Å². The van der Waals surface area contributed by atoms with Crippen molar-refractivity contribution in [3.8, 4) is 23.0 Å². The summed E-state index contributed by atoms with van der Waals surface area (Å²) >= 11 is 5.28. The number of carbonyl (C=O) groups excluding carboxylic acids is 1. The Kier molecular flexibility index (Phi) is 8.28. The molecule has 0 aromatic heterocycles. The van der Waals surface area contributed by atoms with Crippen LogP contribution >= 0.6 is 12.2 Å². The van der Waals surface area contributed by atoms with Crippen molar-refractivity contribution in [1.82, 2.24) is 5.32 Å². The number of anilines is 1. The van der Waals surface area contributed by atoms with Gasteiger partial charge in [-0.1, -0.05) is 24.3 Å². The number of carbonyl (C=O) groups is 1.